The second-order valence-corrected chi connectivity index (χ2v) is 16.0. The molecule has 266 valence electrons. The molecule has 5 aliphatic rings. The molecule has 13 atom stereocenters. The van der Waals surface area contributed by atoms with Crippen molar-refractivity contribution in [1.82, 2.24) is 0 Å². The monoisotopic (exact) mass is 658 g/mol. The van der Waals surface area contributed by atoms with Crippen molar-refractivity contribution in [3.8, 4) is 0 Å². The molecule has 8 heteroatoms. The van der Waals surface area contributed by atoms with Gasteiger partial charge in [-0.1, -0.05) is 31.1 Å². The Kier molecular flexibility index (Phi) is 12.0. The first kappa shape index (κ1) is 36.9. The van der Waals surface area contributed by atoms with E-state index in [2.05, 4.69) is 33.4 Å². The van der Waals surface area contributed by atoms with Gasteiger partial charge in [-0.05, 0) is 116 Å². The molecular weight excluding hydrogens is 596 g/mol. The number of hydrogen-bond donors (Lipinski definition) is 2. The van der Waals surface area contributed by atoms with Crippen LogP contribution in [0.25, 0.3) is 0 Å². The van der Waals surface area contributed by atoms with Crippen LogP contribution in [0.1, 0.15) is 125 Å². The van der Waals surface area contributed by atoms with Crippen LogP contribution in [0.4, 0.5) is 0 Å². The molecule has 47 heavy (non-hydrogen) atoms. The van der Waals surface area contributed by atoms with E-state index in [-0.39, 0.29) is 42.7 Å². The van der Waals surface area contributed by atoms with Gasteiger partial charge in [-0.3, -0.25) is 4.79 Å². The highest BCUT2D eigenvalue weighted by atomic mass is 16.6. The van der Waals surface area contributed by atoms with Crippen LogP contribution < -0.4 is 0 Å². The number of allylic oxidation sites excluding steroid dienone is 5. The van der Waals surface area contributed by atoms with E-state index in [1.807, 2.05) is 26.8 Å². The molecule has 5 fully saturated rings. The van der Waals surface area contributed by atoms with Crippen LogP contribution in [0.3, 0.4) is 0 Å². The molecule has 0 aromatic carbocycles. The first-order valence-electron chi connectivity index (χ1n) is 18.4. The van der Waals surface area contributed by atoms with Crippen molar-refractivity contribution in [1.29, 1.82) is 0 Å². The summed E-state index contributed by atoms with van der Waals surface area (Å²) in [6.07, 6.45) is 14.7. The third-order valence-electron chi connectivity index (χ3n) is 12.2. The fourth-order valence-corrected chi connectivity index (χ4v) is 8.81. The summed E-state index contributed by atoms with van der Waals surface area (Å²) in [5.41, 5.74) is 0.000908. The van der Waals surface area contributed by atoms with Gasteiger partial charge in [0.05, 0.1) is 65.6 Å². The van der Waals surface area contributed by atoms with Crippen LogP contribution in [0.5, 0.6) is 0 Å². The SMILES string of the molecule is C=CCCCC[C@H]1O[C@H]2CC[C@@]3(C)O[C@H]4[C@@H](O)C[C@@]5(C)O[C@@H](CCC=C(C)C(C)=CC=O)[C@@H](C)C[C@@H]5O[C@@H]4C[C@@H]3O[C@@H]2CC[C@@]1(C)O. The Balaban J connectivity index is 1.25. The number of rotatable bonds is 10. The van der Waals surface area contributed by atoms with Gasteiger partial charge in [0.25, 0.3) is 0 Å². The number of carbonyl (C=O) groups excluding carboxylic acids is 1. The van der Waals surface area contributed by atoms with Crippen LogP contribution in [-0.4, -0.2) is 88.2 Å². The number of aldehydes is 1. The van der Waals surface area contributed by atoms with Gasteiger partial charge in [-0.25, -0.2) is 0 Å². The largest absolute Gasteiger partial charge is 0.390 e. The highest BCUT2D eigenvalue weighted by Gasteiger charge is 2.58. The Bertz CT molecular complexity index is 1150. The Morgan fingerprint density at radius 2 is 1.57 bits per heavy atom. The molecule has 8 nitrogen and oxygen atoms in total. The first-order chi connectivity index (χ1) is 22.3. The maximum absolute atomic E-state index is 11.7. The number of ether oxygens (including phenoxy) is 5. The molecular formula is C39H62O8. The van der Waals surface area contributed by atoms with Crippen molar-refractivity contribution in [2.75, 3.05) is 0 Å². The number of unbranched alkanes of at least 4 members (excludes halogenated alkanes) is 2. The number of fused-ring (bicyclic) bond motifs is 4. The molecule has 0 spiro atoms. The molecule has 0 unspecified atom stereocenters. The lowest BCUT2D eigenvalue weighted by Crippen LogP contribution is -2.59. The summed E-state index contributed by atoms with van der Waals surface area (Å²) in [5, 5.41) is 23.1. The van der Waals surface area contributed by atoms with Crippen molar-refractivity contribution in [2.45, 2.75) is 197 Å². The van der Waals surface area contributed by atoms with E-state index in [1.54, 1.807) is 6.08 Å². The molecule has 0 bridgehead atoms. The van der Waals surface area contributed by atoms with Gasteiger partial charge in [0.15, 0.2) is 0 Å². The molecule has 5 heterocycles. The lowest BCUT2D eigenvalue weighted by atomic mass is 9.79. The van der Waals surface area contributed by atoms with Crippen molar-refractivity contribution >= 4 is 6.29 Å². The lowest BCUT2D eigenvalue weighted by Gasteiger charge is -2.49. The molecule has 0 saturated carbocycles. The molecule has 0 aliphatic carbocycles. The van der Waals surface area contributed by atoms with Crippen LogP contribution in [0, 0.1) is 5.92 Å². The number of carbonyl (C=O) groups is 1. The maximum atomic E-state index is 11.7. The zero-order valence-corrected chi connectivity index (χ0v) is 29.8. The van der Waals surface area contributed by atoms with E-state index in [0.29, 0.717) is 25.2 Å². The van der Waals surface area contributed by atoms with Crippen LogP contribution in [0.2, 0.25) is 0 Å². The quantitative estimate of drug-likeness (QED) is 0.0879. The predicted octanol–water partition coefficient (Wildman–Crippen LogP) is 6.70. The Labute approximate surface area is 283 Å². The van der Waals surface area contributed by atoms with Gasteiger partial charge in [0.2, 0.25) is 0 Å². The summed E-state index contributed by atoms with van der Waals surface area (Å²) in [6.45, 7) is 16.2. The number of aliphatic hydroxyl groups is 2. The molecule has 0 aromatic heterocycles. The van der Waals surface area contributed by atoms with Crippen LogP contribution in [-0.2, 0) is 28.5 Å². The summed E-state index contributed by atoms with van der Waals surface area (Å²) in [5.74, 6) is 0.299. The van der Waals surface area contributed by atoms with Gasteiger partial charge in [0.1, 0.15) is 12.4 Å². The molecule has 0 amide bonds. The zero-order valence-electron chi connectivity index (χ0n) is 29.8. The number of hydrogen-bond acceptors (Lipinski definition) is 8. The third-order valence-corrected chi connectivity index (χ3v) is 12.2. The average molecular weight is 659 g/mol. The van der Waals surface area contributed by atoms with Gasteiger partial charge < -0.3 is 33.9 Å². The summed E-state index contributed by atoms with van der Waals surface area (Å²) in [7, 11) is 0. The fourth-order valence-electron chi connectivity index (χ4n) is 8.81. The third kappa shape index (κ3) is 8.33. The normalized spacial score (nSPS) is 46.0. The van der Waals surface area contributed by atoms with E-state index in [1.165, 1.54) is 0 Å². The topological polar surface area (TPSA) is 104 Å². The maximum Gasteiger partial charge on any atom is 0.143 e. The molecule has 5 aliphatic heterocycles. The van der Waals surface area contributed by atoms with E-state index in [4.69, 9.17) is 23.7 Å². The molecule has 2 N–H and O–H groups in total. The van der Waals surface area contributed by atoms with E-state index in [0.717, 1.165) is 81.6 Å². The summed E-state index contributed by atoms with van der Waals surface area (Å²) in [6, 6.07) is 0. The highest BCUT2D eigenvalue weighted by Crippen LogP contribution is 2.49. The van der Waals surface area contributed by atoms with Crippen molar-refractivity contribution < 1.29 is 38.7 Å². The van der Waals surface area contributed by atoms with Crippen molar-refractivity contribution in [2.24, 2.45) is 5.92 Å². The molecule has 5 saturated heterocycles. The lowest BCUT2D eigenvalue weighted by molar-refractivity contribution is -0.273. The minimum absolute atomic E-state index is 0.0506. The summed E-state index contributed by atoms with van der Waals surface area (Å²) < 4.78 is 34.2. The fraction of sp³-hybridized carbons (Fsp3) is 0.821. The standard InChI is InChI=1S/C39H62O8/c1-8-9-10-11-15-33-37(5,42)19-16-30-31(43-33)17-20-38(6)35(44-30)23-32-36(47-38)28(41)24-39(7)34(45-32)22-27(4)29(46-39)14-12-13-25(2)26(3)18-21-40/h8,13,18,21,27-36,41-42H,1,9-12,14-17,19-20,22-24H2,2-7H3/t27-,28-,29-,30+,31-,32+,33+,34-,35-,36-,37+,38+,39+/m0/s1. The Hall–Kier alpha value is -1.39. The zero-order chi connectivity index (χ0) is 34.0. The second kappa shape index (κ2) is 15.2. The Morgan fingerprint density at radius 3 is 2.32 bits per heavy atom. The van der Waals surface area contributed by atoms with E-state index >= 15 is 0 Å². The minimum Gasteiger partial charge on any atom is -0.390 e. The van der Waals surface area contributed by atoms with Gasteiger partial charge in [-0.2, -0.15) is 0 Å². The first-order valence-corrected chi connectivity index (χ1v) is 18.4. The van der Waals surface area contributed by atoms with E-state index in [9.17, 15) is 15.0 Å². The molecule has 0 radical (unpaired) electrons. The van der Waals surface area contributed by atoms with Gasteiger partial charge in [0, 0.05) is 12.8 Å². The average Bonchev–Trinajstić information content (AvgIpc) is 3.27. The predicted molar refractivity (Wildman–Crippen MR) is 182 cm³/mol. The van der Waals surface area contributed by atoms with Gasteiger partial charge >= 0.3 is 0 Å². The summed E-state index contributed by atoms with van der Waals surface area (Å²) in [4.78, 5) is 10.9. The minimum atomic E-state index is -0.892. The van der Waals surface area contributed by atoms with Crippen LogP contribution in [0.15, 0.2) is 36.0 Å². The molecule has 5 rings (SSSR count). The van der Waals surface area contributed by atoms with Crippen molar-refractivity contribution in [3.63, 3.8) is 0 Å². The Morgan fingerprint density at radius 1 is 0.872 bits per heavy atom. The highest BCUT2D eigenvalue weighted by molar-refractivity contribution is 5.67. The van der Waals surface area contributed by atoms with Crippen molar-refractivity contribution in [3.05, 3.63) is 36.0 Å². The smallest absolute Gasteiger partial charge is 0.143 e. The van der Waals surface area contributed by atoms with Gasteiger partial charge in [-0.15, -0.1) is 6.58 Å². The molecule has 0 aromatic rings. The van der Waals surface area contributed by atoms with E-state index < -0.39 is 29.0 Å². The van der Waals surface area contributed by atoms with Crippen LogP contribution >= 0.6 is 0 Å². The summed E-state index contributed by atoms with van der Waals surface area (Å²) >= 11 is 0. The number of aliphatic hydroxyl groups excluding tert-OH is 1. The second-order valence-electron chi connectivity index (χ2n) is 16.0.